The number of rotatable bonds is 7. The number of piperazine rings is 1. The predicted octanol–water partition coefficient (Wildman–Crippen LogP) is 3.13. The molecule has 1 aromatic carbocycles. The summed E-state index contributed by atoms with van der Waals surface area (Å²) >= 11 is 0. The van der Waals surface area contributed by atoms with Crippen molar-refractivity contribution in [3.05, 3.63) is 59.6 Å². The standard InChI is InChI=1S/C29H30F5N9O3/c1-16-12-17(13-19(31)23(16)28(46)41-10-8-40(9-11-41)27(45)20-2-3-22(44)38-20)37-25-26-36-14-21(43(26)7-5-35-25)18-15-42(6-4-30)39-24(18)29(32,33)34/h5,7,12-15,20,22,38,44H,2-4,6,8-11H2,1H3,(H,35,37)/t20-,22+/m1/s1. The molecule has 5 heterocycles. The van der Waals surface area contributed by atoms with Gasteiger partial charge in [0.25, 0.3) is 5.91 Å². The molecule has 2 saturated heterocycles. The van der Waals surface area contributed by atoms with Crippen molar-refractivity contribution in [3.8, 4) is 11.3 Å². The van der Waals surface area contributed by atoms with Gasteiger partial charge in [0.15, 0.2) is 17.2 Å². The van der Waals surface area contributed by atoms with Gasteiger partial charge in [-0.2, -0.15) is 18.3 Å². The second-order valence-electron chi connectivity index (χ2n) is 11.2. The van der Waals surface area contributed by atoms with Crippen molar-refractivity contribution >= 4 is 29.0 Å². The van der Waals surface area contributed by atoms with E-state index in [1.807, 2.05) is 0 Å². The van der Waals surface area contributed by atoms with Crippen molar-refractivity contribution in [1.82, 2.24) is 39.3 Å². The maximum absolute atomic E-state index is 15.5. The molecule has 0 saturated carbocycles. The molecule has 46 heavy (non-hydrogen) atoms. The number of carbonyl (C=O) groups excluding carboxylic acids is 2. The molecule has 12 nitrogen and oxygen atoms in total. The van der Waals surface area contributed by atoms with Crippen LogP contribution in [0.25, 0.3) is 16.9 Å². The van der Waals surface area contributed by atoms with Crippen LogP contribution in [0.4, 0.5) is 33.5 Å². The fourth-order valence-corrected chi connectivity index (χ4v) is 5.88. The average Bonchev–Trinajstić information content (AvgIpc) is 3.75. The largest absolute Gasteiger partial charge is 0.435 e. The number of anilines is 2. The van der Waals surface area contributed by atoms with Crippen molar-refractivity contribution in [1.29, 1.82) is 0 Å². The zero-order valence-corrected chi connectivity index (χ0v) is 24.6. The van der Waals surface area contributed by atoms with Crippen LogP contribution in [0.15, 0.2) is 36.9 Å². The number of hydrogen-bond acceptors (Lipinski definition) is 8. The van der Waals surface area contributed by atoms with Crippen LogP contribution >= 0.6 is 0 Å². The molecule has 3 N–H and O–H groups in total. The Morgan fingerprint density at radius 1 is 1.11 bits per heavy atom. The molecule has 2 aliphatic heterocycles. The van der Waals surface area contributed by atoms with E-state index >= 15 is 4.39 Å². The van der Waals surface area contributed by atoms with Gasteiger partial charge < -0.3 is 20.2 Å². The number of aryl methyl sites for hydroxylation is 2. The number of nitrogens with zero attached hydrogens (tertiary/aromatic N) is 7. The zero-order chi connectivity index (χ0) is 32.7. The average molecular weight is 648 g/mol. The molecule has 244 valence electrons. The van der Waals surface area contributed by atoms with E-state index in [9.17, 15) is 32.3 Å². The number of nitrogens with one attached hydrogen (secondary N) is 2. The minimum Gasteiger partial charge on any atom is -0.379 e. The van der Waals surface area contributed by atoms with Crippen LogP contribution in [0.2, 0.25) is 0 Å². The van der Waals surface area contributed by atoms with E-state index in [1.54, 1.807) is 17.9 Å². The molecule has 0 radical (unpaired) electrons. The third kappa shape index (κ3) is 5.99. The number of benzene rings is 1. The van der Waals surface area contributed by atoms with Gasteiger partial charge >= 0.3 is 6.18 Å². The maximum Gasteiger partial charge on any atom is 0.435 e. The molecule has 0 spiro atoms. The highest BCUT2D eigenvalue weighted by molar-refractivity contribution is 5.97. The highest BCUT2D eigenvalue weighted by atomic mass is 19.4. The summed E-state index contributed by atoms with van der Waals surface area (Å²) in [5, 5.41) is 18.9. The molecule has 4 aromatic rings. The van der Waals surface area contributed by atoms with E-state index in [4.69, 9.17) is 0 Å². The summed E-state index contributed by atoms with van der Waals surface area (Å²) in [6.45, 7) is 1.33. The van der Waals surface area contributed by atoms with Crippen LogP contribution in [0, 0.1) is 12.7 Å². The minimum absolute atomic E-state index is 0.0417. The third-order valence-electron chi connectivity index (χ3n) is 8.11. The monoisotopic (exact) mass is 647 g/mol. The number of carbonyl (C=O) groups is 2. The van der Waals surface area contributed by atoms with Crippen LogP contribution in [-0.4, -0.2) is 96.0 Å². The Kier molecular flexibility index (Phi) is 8.37. The van der Waals surface area contributed by atoms with Crippen LogP contribution in [0.3, 0.4) is 0 Å². The number of alkyl halides is 4. The topological polar surface area (TPSA) is 133 Å². The first kappa shape index (κ1) is 31.3. The summed E-state index contributed by atoms with van der Waals surface area (Å²) in [7, 11) is 0. The van der Waals surface area contributed by atoms with Crippen LogP contribution in [0.1, 0.15) is 34.5 Å². The molecule has 2 aliphatic rings. The van der Waals surface area contributed by atoms with Gasteiger partial charge in [0.2, 0.25) is 5.91 Å². The maximum atomic E-state index is 15.5. The fraction of sp³-hybridized carbons (Fsp3) is 0.414. The highest BCUT2D eigenvalue weighted by Gasteiger charge is 2.38. The van der Waals surface area contributed by atoms with Crippen LogP contribution in [0.5, 0.6) is 0 Å². The number of hydrogen-bond donors (Lipinski definition) is 3. The number of aromatic nitrogens is 5. The lowest BCUT2D eigenvalue weighted by Gasteiger charge is -2.36. The van der Waals surface area contributed by atoms with Gasteiger partial charge in [0, 0.05) is 50.5 Å². The van der Waals surface area contributed by atoms with Crippen molar-refractivity contribution in [2.45, 2.75) is 44.8 Å². The van der Waals surface area contributed by atoms with Crippen LogP contribution in [-0.2, 0) is 17.5 Å². The molecular weight excluding hydrogens is 617 g/mol. The molecule has 0 unspecified atom stereocenters. The van der Waals surface area contributed by atoms with E-state index in [0.717, 1.165) is 16.9 Å². The summed E-state index contributed by atoms with van der Waals surface area (Å²) < 4.78 is 71.8. The molecule has 2 atom stereocenters. The molecule has 6 rings (SSSR count). The summed E-state index contributed by atoms with van der Waals surface area (Å²) in [4.78, 5) is 37.6. The number of imidazole rings is 1. The normalized spacial score (nSPS) is 18.8. The molecule has 17 heteroatoms. The SMILES string of the molecule is Cc1cc(Nc2nccn3c(-c4cn(CCF)nc4C(F)(F)F)cnc23)cc(F)c1C(=O)N1CCN(C(=O)[C@H]2CC[C@H](O)N2)CC1. The Balaban J connectivity index is 1.19. The number of amides is 2. The predicted molar refractivity (Wildman–Crippen MR) is 154 cm³/mol. The smallest absolute Gasteiger partial charge is 0.379 e. The highest BCUT2D eigenvalue weighted by Crippen LogP contribution is 2.37. The molecule has 2 amide bonds. The molecule has 3 aromatic heterocycles. The zero-order valence-electron chi connectivity index (χ0n) is 24.6. The summed E-state index contributed by atoms with van der Waals surface area (Å²) in [5.41, 5.74) is -0.867. The van der Waals surface area contributed by atoms with Crippen molar-refractivity contribution in [3.63, 3.8) is 0 Å². The van der Waals surface area contributed by atoms with Gasteiger partial charge in [0.1, 0.15) is 18.7 Å². The second kappa shape index (κ2) is 12.3. The molecular formula is C29H30F5N9O3. The van der Waals surface area contributed by atoms with Gasteiger partial charge in [-0.15, -0.1) is 0 Å². The molecule has 0 bridgehead atoms. The Morgan fingerprint density at radius 2 is 1.85 bits per heavy atom. The summed E-state index contributed by atoms with van der Waals surface area (Å²) in [6, 6.07) is 2.20. The Morgan fingerprint density at radius 3 is 2.50 bits per heavy atom. The lowest BCUT2D eigenvalue weighted by Crippen LogP contribution is -2.54. The third-order valence-corrected chi connectivity index (χ3v) is 8.11. The van der Waals surface area contributed by atoms with Crippen LogP contribution < -0.4 is 10.6 Å². The molecule has 0 aliphatic carbocycles. The first-order valence-corrected chi connectivity index (χ1v) is 14.6. The van der Waals surface area contributed by atoms with Gasteiger partial charge in [-0.3, -0.25) is 24.0 Å². The lowest BCUT2D eigenvalue weighted by atomic mass is 10.0. The van der Waals surface area contributed by atoms with E-state index in [-0.39, 0.29) is 72.6 Å². The van der Waals surface area contributed by atoms with Gasteiger partial charge in [-0.05, 0) is 37.5 Å². The summed E-state index contributed by atoms with van der Waals surface area (Å²) in [6.07, 6.45) is 0.558. The molecule has 2 fully saturated rings. The Labute approximate surface area is 258 Å². The van der Waals surface area contributed by atoms with Gasteiger partial charge in [-0.25, -0.2) is 18.7 Å². The fourth-order valence-electron chi connectivity index (χ4n) is 5.88. The van der Waals surface area contributed by atoms with Crippen molar-refractivity contribution in [2.24, 2.45) is 0 Å². The Hall–Kier alpha value is -4.64. The quantitative estimate of drug-likeness (QED) is 0.261. The van der Waals surface area contributed by atoms with E-state index in [1.165, 1.54) is 27.9 Å². The van der Waals surface area contributed by atoms with Gasteiger partial charge in [-0.1, -0.05) is 0 Å². The number of aliphatic hydroxyl groups is 1. The number of aliphatic hydroxyl groups excluding tert-OH is 1. The summed E-state index contributed by atoms with van der Waals surface area (Å²) in [5.74, 6) is -1.33. The first-order valence-electron chi connectivity index (χ1n) is 14.6. The van der Waals surface area contributed by atoms with Crippen molar-refractivity contribution < 1.29 is 36.6 Å². The van der Waals surface area contributed by atoms with E-state index < -0.39 is 42.5 Å². The second-order valence-corrected chi connectivity index (χ2v) is 11.2. The first-order chi connectivity index (χ1) is 21.9. The number of fused-ring (bicyclic) bond motifs is 1. The van der Waals surface area contributed by atoms with Gasteiger partial charge in [0.05, 0.1) is 35.6 Å². The Bertz CT molecular complexity index is 1760. The lowest BCUT2D eigenvalue weighted by molar-refractivity contribution is -0.141. The minimum atomic E-state index is -4.80. The number of halogens is 5. The van der Waals surface area contributed by atoms with E-state index in [0.29, 0.717) is 18.4 Å². The van der Waals surface area contributed by atoms with Crippen molar-refractivity contribution in [2.75, 3.05) is 38.2 Å². The van der Waals surface area contributed by atoms with E-state index in [2.05, 4.69) is 25.7 Å².